The first-order valence-electron chi connectivity index (χ1n) is 8.61. The Morgan fingerprint density at radius 1 is 1.04 bits per heavy atom. The van der Waals surface area contributed by atoms with E-state index in [1.54, 1.807) is 11.8 Å². The lowest BCUT2D eigenvalue weighted by Crippen LogP contribution is -2.44. The third-order valence-corrected chi connectivity index (χ3v) is 6.80. The van der Waals surface area contributed by atoms with Crippen LogP contribution in [0.25, 0.3) is 0 Å². The zero-order chi connectivity index (χ0) is 17.0. The monoisotopic (exact) mass is 344 g/mol. The van der Waals surface area contributed by atoms with Crippen molar-refractivity contribution in [1.82, 2.24) is 9.80 Å². The predicted octanol–water partition coefficient (Wildman–Crippen LogP) is 1.20. The van der Waals surface area contributed by atoms with Crippen molar-refractivity contribution >= 4 is 21.7 Å². The van der Waals surface area contributed by atoms with E-state index in [-0.39, 0.29) is 41.8 Å². The van der Waals surface area contributed by atoms with Crippen LogP contribution in [-0.2, 0) is 19.4 Å². The zero-order valence-electron chi connectivity index (χ0n) is 14.2. The molecule has 7 heteroatoms. The number of hydrogen-bond donors (Lipinski definition) is 0. The van der Waals surface area contributed by atoms with Crippen LogP contribution in [0.1, 0.15) is 52.4 Å². The fraction of sp³-hybridized carbons (Fsp3) is 0.875. The summed E-state index contributed by atoms with van der Waals surface area (Å²) < 4.78 is 23.2. The van der Waals surface area contributed by atoms with E-state index < -0.39 is 9.84 Å². The molecule has 0 N–H and O–H groups in total. The fourth-order valence-corrected chi connectivity index (χ4v) is 5.56. The smallest absolute Gasteiger partial charge is 0.224 e. The molecule has 1 atom stereocenters. The largest absolute Gasteiger partial charge is 0.339 e. The second-order valence-corrected chi connectivity index (χ2v) is 8.87. The Hall–Kier alpha value is -1.11. The first-order valence-corrected chi connectivity index (χ1v) is 10.4. The van der Waals surface area contributed by atoms with Crippen LogP contribution in [0.15, 0.2) is 0 Å². The quantitative estimate of drug-likeness (QED) is 0.726. The normalized spacial score (nSPS) is 23.8. The Balaban J connectivity index is 1.92. The molecule has 0 spiro atoms. The maximum atomic E-state index is 12.5. The highest BCUT2D eigenvalue weighted by Gasteiger charge is 2.34. The summed E-state index contributed by atoms with van der Waals surface area (Å²) in [4.78, 5) is 27.9. The van der Waals surface area contributed by atoms with Crippen molar-refractivity contribution in [3.05, 3.63) is 0 Å². The van der Waals surface area contributed by atoms with Crippen LogP contribution in [0, 0.1) is 0 Å². The van der Waals surface area contributed by atoms with Crippen molar-refractivity contribution in [2.45, 2.75) is 64.5 Å². The summed E-state index contributed by atoms with van der Waals surface area (Å²) in [5.74, 6) is 0.226. The molecular formula is C16H28N2O4S. The minimum atomic E-state index is -3.00. The molecule has 2 rings (SSSR count). The third-order valence-electron chi connectivity index (χ3n) is 5.05. The van der Waals surface area contributed by atoms with Gasteiger partial charge in [-0.15, -0.1) is 0 Å². The van der Waals surface area contributed by atoms with E-state index >= 15 is 0 Å². The highest BCUT2D eigenvalue weighted by Crippen LogP contribution is 2.24. The molecule has 0 aromatic carbocycles. The number of amides is 2. The molecule has 0 aromatic heterocycles. The highest BCUT2D eigenvalue weighted by atomic mass is 32.2. The molecule has 6 nitrogen and oxygen atoms in total. The minimum absolute atomic E-state index is 0.0243. The van der Waals surface area contributed by atoms with Gasteiger partial charge in [0, 0.05) is 38.5 Å². The second kappa shape index (κ2) is 7.64. The summed E-state index contributed by atoms with van der Waals surface area (Å²) in [6.07, 6.45) is 5.13. The van der Waals surface area contributed by atoms with Crippen molar-refractivity contribution < 1.29 is 18.0 Å². The van der Waals surface area contributed by atoms with E-state index in [4.69, 9.17) is 0 Å². The topological polar surface area (TPSA) is 74.8 Å². The van der Waals surface area contributed by atoms with Gasteiger partial charge in [-0.2, -0.15) is 0 Å². The van der Waals surface area contributed by atoms with Crippen molar-refractivity contribution in [3.8, 4) is 0 Å². The summed E-state index contributed by atoms with van der Waals surface area (Å²) >= 11 is 0. The summed E-state index contributed by atoms with van der Waals surface area (Å²) in [6.45, 7) is 4.39. The summed E-state index contributed by atoms with van der Waals surface area (Å²) in [7, 11) is -3.00. The van der Waals surface area contributed by atoms with Gasteiger partial charge in [0.1, 0.15) is 0 Å². The number of sulfone groups is 1. The number of rotatable bonds is 6. The molecule has 0 radical (unpaired) electrons. The van der Waals surface area contributed by atoms with E-state index in [1.165, 1.54) is 0 Å². The molecule has 1 unspecified atom stereocenters. The third kappa shape index (κ3) is 4.68. The van der Waals surface area contributed by atoms with Crippen LogP contribution in [0.5, 0.6) is 0 Å². The first-order chi connectivity index (χ1) is 10.8. The first kappa shape index (κ1) is 18.2. The van der Waals surface area contributed by atoms with Gasteiger partial charge in [-0.3, -0.25) is 9.59 Å². The molecule has 2 fully saturated rings. The van der Waals surface area contributed by atoms with Crippen LogP contribution in [0.4, 0.5) is 0 Å². The van der Waals surface area contributed by atoms with E-state index in [2.05, 4.69) is 0 Å². The van der Waals surface area contributed by atoms with Gasteiger partial charge in [0.15, 0.2) is 9.84 Å². The SMILES string of the molecule is CCN(C(=O)CCN(C(C)=O)C1CCCC1)C1CCS(=O)(=O)C1. The molecule has 1 aliphatic carbocycles. The average Bonchev–Trinajstić information content (AvgIpc) is 3.09. The molecule has 1 saturated carbocycles. The van der Waals surface area contributed by atoms with Crippen LogP contribution in [0.2, 0.25) is 0 Å². The van der Waals surface area contributed by atoms with Crippen LogP contribution in [0.3, 0.4) is 0 Å². The molecule has 2 amide bonds. The molecule has 2 aliphatic rings. The average molecular weight is 344 g/mol. The molecule has 23 heavy (non-hydrogen) atoms. The van der Waals surface area contributed by atoms with Crippen LogP contribution in [-0.4, -0.2) is 66.7 Å². The van der Waals surface area contributed by atoms with Crippen molar-refractivity contribution in [2.24, 2.45) is 0 Å². The van der Waals surface area contributed by atoms with E-state index in [1.807, 2.05) is 11.8 Å². The number of carbonyl (C=O) groups excluding carboxylic acids is 2. The zero-order valence-corrected chi connectivity index (χ0v) is 15.0. The Bertz CT molecular complexity index is 540. The fourth-order valence-electron chi connectivity index (χ4n) is 3.83. The Labute approximate surface area is 139 Å². The Morgan fingerprint density at radius 2 is 1.70 bits per heavy atom. The van der Waals surface area contributed by atoms with E-state index in [0.717, 1.165) is 25.7 Å². The minimum Gasteiger partial charge on any atom is -0.339 e. The molecular weight excluding hydrogens is 316 g/mol. The maximum Gasteiger partial charge on any atom is 0.224 e. The van der Waals surface area contributed by atoms with Crippen LogP contribution < -0.4 is 0 Å². The summed E-state index contributed by atoms with van der Waals surface area (Å²) in [5.41, 5.74) is 0. The van der Waals surface area contributed by atoms with Gasteiger partial charge < -0.3 is 9.80 Å². The van der Waals surface area contributed by atoms with Gasteiger partial charge in [0.2, 0.25) is 11.8 Å². The summed E-state index contributed by atoms with van der Waals surface area (Å²) in [5, 5.41) is 0. The summed E-state index contributed by atoms with van der Waals surface area (Å²) in [6, 6.07) is 0.0667. The van der Waals surface area contributed by atoms with Gasteiger partial charge in [-0.25, -0.2) is 8.42 Å². The van der Waals surface area contributed by atoms with Crippen LogP contribution >= 0.6 is 0 Å². The molecule has 0 bridgehead atoms. The second-order valence-electron chi connectivity index (χ2n) is 6.64. The van der Waals surface area contributed by atoms with Crippen molar-refractivity contribution in [2.75, 3.05) is 24.6 Å². The molecule has 132 valence electrons. The van der Waals surface area contributed by atoms with Gasteiger partial charge in [-0.1, -0.05) is 12.8 Å². The molecule has 0 aromatic rings. The Kier molecular flexibility index (Phi) is 6.06. The predicted molar refractivity (Wildman–Crippen MR) is 88.7 cm³/mol. The van der Waals surface area contributed by atoms with E-state index in [0.29, 0.717) is 19.5 Å². The lowest BCUT2D eigenvalue weighted by molar-refractivity contribution is -0.135. The van der Waals surface area contributed by atoms with Crippen molar-refractivity contribution in [3.63, 3.8) is 0 Å². The lowest BCUT2D eigenvalue weighted by atomic mass is 10.1. The number of hydrogen-bond acceptors (Lipinski definition) is 4. The number of carbonyl (C=O) groups is 2. The van der Waals surface area contributed by atoms with Gasteiger partial charge in [0.05, 0.1) is 11.5 Å². The molecule has 1 saturated heterocycles. The highest BCUT2D eigenvalue weighted by molar-refractivity contribution is 7.91. The maximum absolute atomic E-state index is 12.5. The van der Waals surface area contributed by atoms with E-state index in [9.17, 15) is 18.0 Å². The van der Waals surface area contributed by atoms with Gasteiger partial charge in [-0.05, 0) is 26.2 Å². The van der Waals surface area contributed by atoms with Gasteiger partial charge in [0.25, 0.3) is 0 Å². The lowest BCUT2D eigenvalue weighted by Gasteiger charge is -2.31. The Morgan fingerprint density at radius 3 is 2.17 bits per heavy atom. The standard InChI is InChI=1S/C16H28N2O4S/c1-3-17(15-9-11-23(21,22)12-15)16(20)8-10-18(13(2)19)14-6-4-5-7-14/h14-15H,3-12H2,1-2H3. The van der Waals surface area contributed by atoms with Crippen molar-refractivity contribution in [1.29, 1.82) is 0 Å². The molecule has 1 aliphatic heterocycles. The molecule has 1 heterocycles. The van der Waals surface area contributed by atoms with Gasteiger partial charge >= 0.3 is 0 Å². The number of nitrogens with zero attached hydrogens (tertiary/aromatic N) is 2.